The summed E-state index contributed by atoms with van der Waals surface area (Å²) in [5, 5.41) is 9.87. The second-order valence-electron chi connectivity index (χ2n) is 6.20. The van der Waals surface area contributed by atoms with Gasteiger partial charge in [-0.15, -0.1) is 0 Å². The van der Waals surface area contributed by atoms with Gasteiger partial charge in [-0.3, -0.25) is 0 Å². The van der Waals surface area contributed by atoms with Gasteiger partial charge in [0.2, 0.25) is 10.0 Å². The standard InChI is InChI=1S/C14H22BrNO3S/c1-10-5-6-13(12(15)7-10)20(18,19)16-9-11(17)8-14(2,3)4/h5-7,11,16-17H,8-9H2,1-4H3. The zero-order valence-corrected chi connectivity index (χ0v) is 14.7. The molecule has 1 aromatic carbocycles. The third-order valence-electron chi connectivity index (χ3n) is 2.73. The molecule has 0 saturated carbocycles. The van der Waals surface area contributed by atoms with E-state index >= 15 is 0 Å². The molecule has 6 heteroatoms. The Balaban J connectivity index is 2.76. The second-order valence-corrected chi connectivity index (χ2v) is 8.79. The molecule has 0 aliphatic rings. The van der Waals surface area contributed by atoms with Crippen molar-refractivity contribution in [2.75, 3.05) is 6.54 Å². The number of sulfonamides is 1. The number of halogens is 1. The van der Waals surface area contributed by atoms with Crippen LogP contribution in [0.4, 0.5) is 0 Å². The normalized spacial score (nSPS) is 14.3. The highest BCUT2D eigenvalue weighted by molar-refractivity contribution is 9.10. The quantitative estimate of drug-likeness (QED) is 0.844. The van der Waals surface area contributed by atoms with Crippen LogP contribution in [-0.4, -0.2) is 26.2 Å². The molecule has 20 heavy (non-hydrogen) atoms. The highest BCUT2D eigenvalue weighted by atomic mass is 79.9. The fourth-order valence-corrected chi connectivity index (χ4v) is 4.15. The van der Waals surface area contributed by atoms with Gasteiger partial charge in [-0.2, -0.15) is 0 Å². The Morgan fingerprint density at radius 2 is 1.95 bits per heavy atom. The van der Waals surface area contributed by atoms with Gasteiger partial charge in [-0.1, -0.05) is 26.8 Å². The number of rotatable bonds is 5. The van der Waals surface area contributed by atoms with Gasteiger partial charge in [0.25, 0.3) is 0 Å². The summed E-state index contributed by atoms with van der Waals surface area (Å²) in [4.78, 5) is 0.186. The van der Waals surface area contributed by atoms with Gasteiger partial charge in [0, 0.05) is 11.0 Å². The minimum Gasteiger partial charge on any atom is -0.392 e. The monoisotopic (exact) mass is 363 g/mol. The van der Waals surface area contributed by atoms with Crippen LogP contribution in [0.3, 0.4) is 0 Å². The lowest BCUT2D eigenvalue weighted by Gasteiger charge is -2.22. The lowest BCUT2D eigenvalue weighted by atomic mass is 9.89. The molecule has 1 rings (SSSR count). The van der Waals surface area contributed by atoms with Gasteiger partial charge in [0.1, 0.15) is 0 Å². The van der Waals surface area contributed by atoms with E-state index < -0.39 is 16.1 Å². The van der Waals surface area contributed by atoms with E-state index in [0.717, 1.165) is 5.56 Å². The summed E-state index contributed by atoms with van der Waals surface area (Å²) in [6.07, 6.45) is -0.168. The molecular weight excluding hydrogens is 342 g/mol. The Morgan fingerprint density at radius 1 is 1.35 bits per heavy atom. The first-order valence-corrected chi connectivity index (χ1v) is 8.73. The average molecular weight is 364 g/mol. The summed E-state index contributed by atoms with van der Waals surface area (Å²) < 4.78 is 27.3. The maximum Gasteiger partial charge on any atom is 0.241 e. The van der Waals surface area contributed by atoms with E-state index in [4.69, 9.17) is 0 Å². The maximum absolute atomic E-state index is 12.2. The SMILES string of the molecule is Cc1ccc(S(=O)(=O)NCC(O)CC(C)(C)C)c(Br)c1. The molecule has 1 unspecified atom stereocenters. The molecule has 0 saturated heterocycles. The molecule has 4 nitrogen and oxygen atoms in total. The molecule has 2 N–H and O–H groups in total. The first-order valence-electron chi connectivity index (χ1n) is 6.45. The summed E-state index contributed by atoms with van der Waals surface area (Å²) in [6, 6.07) is 5.04. The van der Waals surface area contributed by atoms with Crippen molar-refractivity contribution in [3.8, 4) is 0 Å². The van der Waals surface area contributed by atoms with Crippen molar-refractivity contribution in [2.24, 2.45) is 5.41 Å². The predicted octanol–water partition coefficient (Wildman–Crippen LogP) is 2.83. The first-order chi connectivity index (χ1) is 9.01. The molecule has 0 aromatic heterocycles. The Hall–Kier alpha value is -0.430. The largest absolute Gasteiger partial charge is 0.392 e. The van der Waals surface area contributed by atoms with Gasteiger partial charge < -0.3 is 5.11 Å². The van der Waals surface area contributed by atoms with Gasteiger partial charge >= 0.3 is 0 Å². The van der Waals surface area contributed by atoms with Gasteiger partial charge in [0.05, 0.1) is 11.0 Å². The Morgan fingerprint density at radius 3 is 2.45 bits per heavy atom. The van der Waals surface area contributed by atoms with E-state index in [1.807, 2.05) is 27.7 Å². The lowest BCUT2D eigenvalue weighted by Crippen LogP contribution is -2.34. The highest BCUT2D eigenvalue weighted by Crippen LogP contribution is 2.24. The summed E-state index contributed by atoms with van der Waals surface area (Å²) in [5.74, 6) is 0. The van der Waals surface area contributed by atoms with Crippen molar-refractivity contribution in [1.82, 2.24) is 4.72 Å². The smallest absolute Gasteiger partial charge is 0.241 e. The van der Waals surface area contributed by atoms with Crippen LogP contribution in [-0.2, 0) is 10.0 Å². The molecule has 0 spiro atoms. The minimum atomic E-state index is -3.62. The van der Waals surface area contributed by atoms with Crippen molar-refractivity contribution >= 4 is 26.0 Å². The minimum absolute atomic E-state index is 0.0138. The van der Waals surface area contributed by atoms with Gasteiger partial charge in [-0.25, -0.2) is 13.1 Å². The second kappa shape index (κ2) is 6.56. The summed E-state index contributed by atoms with van der Waals surface area (Å²) in [5.41, 5.74) is 0.929. The number of benzene rings is 1. The van der Waals surface area contributed by atoms with Crippen molar-refractivity contribution in [2.45, 2.75) is 45.1 Å². The van der Waals surface area contributed by atoms with Gasteiger partial charge in [0.15, 0.2) is 0 Å². The first kappa shape index (κ1) is 17.6. The zero-order valence-electron chi connectivity index (χ0n) is 12.3. The molecule has 1 atom stereocenters. The average Bonchev–Trinajstić information content (AvgIpc) is 2.23. The van der Waals surface area contributed by atoms with Crippen LogP contribution in [0.1, 0.15) is 32.8 Å². The molecule has 114 valence electrons. The van der Waals surface area contributed by atoms with Crippen LogP contribution >= 0.6 is 15.9 Å². The zero-order chi connectivity index (χ0) is 15.6. The number of hydrogen-bond acceptors (Lipinski definition) is 3. The molecule has 0 amide bonds. The van der Waals surface area contributed by atoms with Crippen molar-refractivity contribution in [3.05, 3.63) is 28.2 Å². The number of aryl methyl sites for hydroxylation is 1. The van der Waals surface area contributed by atoms with Crippen molar-refractivity contribution in [1.29, 1.82) is 0 Å². The third kappa shape index (κ3) is 5.52. The van der Waals surface area contributed by atoms with E-state index in [1.54, 1.807) is 18.2 Å². The van der Waals surface area contributed by atoms with E-state index in [9.17, 15) is 13.5 Å². The van der Waals surface area contributed by atoms with E-state index in [0.29, 0.717) is 10.9 Å². The van der Waals surface area contributed by atoms with Crippen LogP contribution in [0, 0.1) is 12.3 Å². The Labute approximate surface area is 129 Å². The maximum atomic E-state index is 12.2. The fourth-order valence-electron chi connectivity index (χ4n) is 1.89. The van der Waals surface area contributed by atoms with Gasteiger partial charge in [-0.05, 0) is 52.4 Å². The lowest BCUT2D eigenvalue weighted by molar-refractivity contribution is 0.125. The molecule has 0 fully saturated rings. The number of aliphatic hydroxyl groups excluding tert-OH is 1. The highest BCUT2D eigenvalue weighted by Gasteiger charge is 2.21. The molecule has 0 bridgehead atoms. The summed E-state index contributed by atoms with van der Waals surface area (Å²) in [7, 11) is -3.62. The summed E-state index contributed by atoms with van der Waals surface area (Å²) in [6.45, 7) is 7.91. The number of nitrogens with one attached hydrogen (secondary N) is 1. The molecule has 0 heterocycles. The molecule has 0 aliphatic heterocycles. The third-order valence-corrected chi connectivity index (χ3v) is 5.13. The van der Waals surface area contributed by atoms with Crippen LogP contribution < -0.4 is 4.72 Å². The summed E-state index contributed by atoms with van der Waals surface area (Å²) >= 11 is 3.26. The van der Waals surface area contributed by atoms with E-state index in [1.165, 1.54) is 0 Å². The van der Waals surface area contributed by atoms with Crippen LogP contribution in [0.2, 0.25) is 0 Å². The predicted molar refractivity (Wildman–Crippen MR) is 84.1 cm³/mol. The van der Waals surface area contributed by atoms with E-state index in [2.05, 4.69) is 20.7 Å². The van der Waals surface area contributed by atoms with Crippen LogP contribution in [0.25, 0.3) is 0 Å². The molecule has 0 radical (unpaired) electrons. The topological polar surface area (TPSA) is 66.4 Å². The Kier molecular flexibility index (Phi) is 5.78. The Bertz CT molecular complexity index is 564. The fraction of sp³-hybridized carbons (Fsp3) is 0.571. The van der Waals surface area contributed by atoms with E-state index in [-0.39, 0.29) is 16.9 Å². The molecular formula is C14H22BrNO3S. The number of aliphatic hydroxyl groups is 1. The van der Waals surface area contributed by atoms with Crippen LogP contribution in [0.5, 0.6) is 0 Å². The number of hydrogen-bond donors (Lipinski definition) is 2. The van der Waals surface area contributed by atoms with Crippen molar-refractivity contribution < 1.29 is 13.5 Å². The molecule has 0 aliphatic carbocycles. The van der Waals surface area contributed by atoms with Crippen LogP contribution in [0.15, 0.2) is 27.6 Å². The van der Waals surface area contributed by atoms with Crippen molar-refractivity contribution in [3.63, 3.8) is 0 Å². The molecule has 1 aromatic rings.